The smallest absolute Gasteiger partial charge is 0.261 e. The molecule has 0 aliphatic carbocycles. The van der Waals surface area contributed by atoms with Crippen molar-refractivity contribution < 1.29 is 13.5 Å². The minimum Gasteiger partial charge on any atom is -0.375 e. The van der Waals surface area contributed by atoms with Crippen molar-refractivity contribution in [2.45, 2.75) is 52.0 Å². The molecule has 0 aliphatic rings. The molecular formula is C12H25F2NO. The zero-order valence-electron chi connectivity index (χ0n) is 10.6. The van der Waals surface area contributed by atoms with Crippen molar-refractivity contribution in [3.05, 3.63) is 0 Å². The van der Waals surface area contributed by atoms with E-state index in [1.54, 1.807) is 0 Å². The number of hydrogen-bond acceptors (Lipinski definition) is 2. The highest BCUT2D eigenvalue weighted by Crippen LogP contribution is 2.16. The summed E-state index contributed by atoms with van der Waals surface area (Å²) in [6.45, 7) is 4.35. The van der Waals surface area contributed by atoms with Crippen molar-refractivity contribution in [2.75, 3.05) is 20.3 Å². The number of ether oxygens (including phenoxy) is 1. The molecule has 0 fully saturated rings. The Morgan fingerprint density at radius 1 is 1.19 bits per heavy atom. The standard InChI is InChI=1S/C12H25F2NO/c1-4-10(5-2)8-11(15-3)6-7-16-9-12(13)14/h10-12,15H,4-9H2,1-3H3. The first-order valence-corrected chi connectivity index (χ1v) is 6.17. The molecule has 0 bridgehead atoms. The summed E-state index contributed by atoms with van der Waals surface area (Å²) in [6, 6.07) is 0.377. The second-order valence-corrected chi connectivity index (χ2v) is 4.16. The summed E-state index contributed by atoms with van der Waals surface area (Å²) < 4.78 is 28.5. The summed E-state index contributed by atoms with van der Waals surface area (Å²) in [5.41, 5.74) is 0. The number of alkyl halides is 2. The molecule has 1 N–H and O–H groups in total. The van der Waals surface area contributed by atoms with E-state index in [9.17, 15) is 8.78 Å². The fourth-order valence-electron chi connectivity index (χ4n) is 1.80. The average Bonchev–Trinajstić information content (AvgIpc) is 2.28. The Labute approximate surface area is 97.7 Å². The molecule has 0 radical (unpaired) electrons. The van der Waals surface area contributed by atoms with Crippen LogP contribution in [0.15, 0.2) is 0 Å². The van der Waals surface area contributed by atoms with E-state index in [4.69, 9.17) is 4.74 Å². The van der Waals surface area contributed by atoms with Crippen molar-refractivity contribution >= 4 is 0 Å². The van der Waals surface area contributed by atoms with Crippen molar-refractivity contribution in [1.29, 1.82) is 0 Å². The Hall–Kier alpha value is -0.220. The molecule has 4 heteroatoms. The van der Waals surface area contributed by atoms with Crippen LogP contribution in [0.1, 0.15) is 39.5 Å². The van der Waals surface area contributed by atoms with Crippen molar-refractivity contribution in [2.24, 2.45) is 5.92 Å². The van der Waals surface area contributed by atoms with Gasteiger partial charge in [-0.15, -0.1) is 0 Å². The highest BCUT2D eigenvalue weighted by molar-refractivity contribution is 4.69. The largest absolute Gasteiger partial charge is 0.375 e. The van der Waals surface area contributed by atoms with Gasteiger partial charge in [-0.1, -0.05) is 26.7 Å². The lowest BCUT2D eigenvalue weighted by Gasteiger charge is -2.21. The Bertz CT molecular complexity index is 152. The maximum atomic E-state index is 11.8. The first-order valence-electron chi connectivity index (χ1n) is 6.17. The van der Waals surface area contributed by atoms with Crippen LogP contribution in [0.4, 0.5) is 8.78 Å². The average molecular weight is 237 g/mol. The van der Waals surface area contributed by atoms with Crippen LogP contribution in [0.25, 0.3) is 0 Å². The number of hydrogen-bond donors (Lipinski definition) is 1. The van der Waals surface area contributed by atoms with Crippen LogP contribution in [-0.2, 0) is 4.74 Å². The minimum atomic E-state index is -2.35. The van der Waals surface area contributed by atoms with Gasteiger partial charge in [0.15, 0.2) is 0 Å². The third-order valence-electron chi connectivity index (χ3n) is 3.04. The SMILES string of the molecule is CCC(CC)CC(CCOCC(F)F)NC. The van der Waals surface area contributed by atoms with Crippen LogP contribution in [0.5, 0.6) is 0 Å². The Morgan fingerprint density at radius 3 is 2.25 bits per heavy atom. The molecule has 0 aromatic rings. The normalized spacial score (nSPS) is 13.7. The molecule has 0 aliphatic heterocycles. The van der Waals surface area contributed by atoms with Gasteiger partial charge in [-0.05, 0) is 25.8 Å². The second-order valence-electron chi connectivity index (χ2n) is 4.16. The van der Waals surface area contributed by atoms with Gasteiger partial charge in [0.05, 0.1) is 0 Å². The maximum absolute atomic E-state index is 11.8. The van der Waals surface area contributed by atoms with Crippen LogP contribution >= 0.6 is 0 Å². The van der Waals surface area contributed by atoms with Crippen molar-refractivity contribution in [1.82, 2.24) is 5.32 Å². The van der Waals surface area contributed by atoms with Gasteiger partial charge >= 0.3 is 0 Å². The van der Waals surface area contributed by atoms with E-state index in [1.165, 1.54) is 12.8 Å². The number of nitrogens with one attached hydrogen (secondary N) is 1. The van der Waals surface area contributed by atoms with E-state index in [0.29, 0.717) is 18.6 Å². The molecule has 0 aromatic carbocycles. The third-order valence-corrected chi connectivity index (χ3v) is 3.04. The molecule has 0 spiro atoms. The van der Waals surface area contributed by atoms with Crippen LogP contribution in [0, 0.1) is 5.92 Å². The van der Waals surface area contributed by atoms with Gasteiger partial charge in [0.1, 0.15) is 6.61 Å². The summed E-state index contributed by atoms with van der Waals surface area (Å²) in [4.78, 5) is 0. The van der Waals surface area contributed by atoms with Gasteiger partial charge in [-0.3, -0.25) is 0 Å². The monoisotopic (exact) mass is 237 g/mol. The van der Waals surface area contributed by atoms with Crippen LogP contribution in [0.2, 0.25) is 0 Å². The summed E-state index contributed by atoms with van der Waals surface area (Å²) in [5, 5.41) is 3.22. The van der Waals surface area contributed by atoms with Crippen molar-refractivity contribution in [3.8, 4) is 0 Å². The summed E-state index contributed by atoms with van der Waals surface area (Å²) in [5.74, 6) is 0.715. The molecular weight excluding hydrogens is 212 g/mol. The van der Waals surface area contributed by atoms with E-state index >= 15 is 0 Å². The predicted octanol–water partition coefficient (Wildman–Crippen LogP) is 3.07. The van der Waals surface area contributed by atoms with Gasteiger partial charge in [-0.25, -0.2) is 8.78 Å². The van der Waals surface area contributed by atoms with E-state index in [-0.39, 0.29) is 0 Å². The fourth-order valence-corrected chi connectivity index (χ4v) is 1.80. The van der Waals surface area contributed by atoms with Crippen LogP contribution < -0.4 is 5.32 Å². The topological polar surface area (TPSA) is 21.3 Å². The van der Waals surface area contributed by atoms with Gasteiger partial charge in [-0.2, -0.15) is 0 Å². The number of rotatable bonds is 10. The Morgan fingerprint density at radius 2 is 1.81 bits per heavy atom. The Kier molecular flexibility index (Phi) is 9.83. The number of halogens is 2. The predicted molar refractivity (Wildman–Crippen MR) is 63.0 cm³/mol. The van der Waals surface area contributed by atoms with Gasteiger partial charge in [0.2, 0.25) is 0 Å². The Balaban J connectivity index is 3.65. The van der Waals surface area contributed by atoms with E-state index in [0.717, 1.165) is 12.8 Å². The molecule has 0 amide bonds. The third kappa shape index (κ3) is 7.99. The molecule has 2 nitrogen and oxygen atoms in total. The quantitative estimate of drug-likeness (QED) is 0.590. The minimum absolute atomic E-state index is 0.377. The zero-order chi connectivity index (χ0) is 12.4. The molecule has 0 saturated heterocycles. The summed E-state index contributed by atoms with van der Waals surface area (Å²) in [6.07, 6.45) is 1.90. The molecule has 0 aromatic heterocycles. The second kappa shape index (κ2) is 9.97. The lowest BCUT2D eigenvalue weighted by Crippen LogP contribution is -2.29. The van der Waals surface area contributed by atoms with Crippen LogP contribution in [0.3, 0.4) is 0 Å². The van der Waals surface area contributed by atoms with E-state index < -0.39 is 13.0 Å². The molecule has 0 heterocycles. The lowest BCUT2D eigenvalue weighted by atomic mass is 9.93. The van der Waals surface area contributed by atoms with Gasteiger partial charge in [0, 0.05) is 12.6 Å². The molecule has 98 valence electrons. The highest BCUT2D eigenvalue weighted by Gasteiger charge is 2.12. The molecule has 1 atom stereocenters. The zero-order valence-corrected chi connectivity index (χ0v) is 10.6. The molecule has 0 rings (SSSR count). The van der Waals surface area contributed by atoms with E-state index in [2.05, 4.69) is 19.2 Å². The van der Waals surface area contributed by atoms with Gasteiger partial charge in [0.25, 0.3) is 6.43 Å². The molecule has 16 heavy (non-hydrogen) atoms. The first-order chi connectivity index (χ1) is 7.63. The summed E-state index contributed by atoms with van der Waals surface area (Å²) in [7, 11) is 1.92. The van der Waals surface area contributed by atoms with Gasteiger partial charge < -0.3 is 10.1 Å². The fraction of sp³-hybridized carbons (Fsp3) is 1.00. The highest BCUT2D eigenvalue weighted by atomic mass is 19.3. The summed E-state index contributed by atoms with van der Waals surface area (Å²) >= 11 is 0. The maximum Gasteiger partial charge on any atom is 0.261 e. The van der Waals surface area contributed by atoms with Crippen molar-refractivity contribution in [3.63, 3.8) is 0 Å². The molecule has 1 unspecified atom stereocenters. The van der Waals surface area contributed by atoms with Crippen LogP contribution in [-0.4, -0.2) is 32.7 Å². The lowest BCUT2D eigenvalue weighted by molar-refractivity contribution is 0.0139. The molecule has 0 saturated carbocycles. The van der Waals surface area contributed by atoms with E-state index in [1.807, 2.05) is 7.05 Å². The first kappa shape index (κ1) is 15.8.